The van der Waals surface area contributed by atoms with Gasteiger partial charge in [-0.25, -0.2) is 0 Å². The van der Waals surface area contributed by atoms with Gasteiger partial charge in [-0.2, -0.15) is 0 Å². The molecule has 2 aromatic carbocycles. The molecule has 0 aromatic heterocycles. The molecule has 0 saturated carbocycles. The third kappa shape index (κ3) is 21.3. The fourth-order valence-electron chi connectivity index (χ4n) is 6.62. The highest BCUT2D eigenvalue weighted by molar-refractivity contribution is 6.00. The maximum absolute atomic E-state index is 13.1. The van der Waals surface area contributed by atoms with E-state index in [9.17, 15) is 19.5 Å². The Labute approximate surface area is 304 Å². The lowest BCUT2D eigenvalue weighted by Crippen LogP contribution is -2.29. The average Bonchev–Trinajstić information content (AvgIpc) is 3.13. The Morgan fingerprint density at radius 2 is 1.06 bits per heavy atom. The molecule has 2 N–H and O–H groups in total. The molecule has 280 valence electrons. The molecule has 6 nitrogen and oxygen atoms in total. The van der Waals surface area contributed by atoms with Crippen LogP contribution in [0.25, 0.3) is 0 Å². The van der Waals surface area contributed by atoms with E-state index in [0.717, 1.165) is 50.5 Å². The van der Waals surface area contributed by atoms with Gasteiger partial charge in [0, 0.05) is 25.1 Å². The van der Waals surface area contributed by atoms with E-state index in [2.05, 4.69) is 12.2 Å². The number of benzene rings is 2. The van der Waals surface area contributed by atoms with Crippen LogP contribution in [0.1, 0.15) is 183 Å². The number of carbonyl (C=O) groups excluding carboxylic acids is 2. The zero-order chi connectivity index (χ0) is 35.9. The second-order valence-corrected chi connectivity index (χ2v) is 14.2. The summed E-state index contributed by atoms with van der Waals surface area (Å²) in [7, 11) is 0. The quantitative estimate of drug-likeness (QED) is 0.0574. The summed E-state index contributed by atoms with van der Waals surface area (Å²) >= 11 is 0. The van der Waals surface area contributed by atoms with Crippen molar-refractivity contribution in [3.05, 3.63) is 71.8 Å². The molecule has 0 saturated heterocycles. The van der Waals surface area contributed by atoms with Crippen LogP contribution >= 0.6 is 0 Å². The number of amides is 1. The molecule has 0 aliphatic carbocycles. The lowest BCUT2D eigenvalue weighted by molar-refractivity contribution is -0.144. The Hall–Kier alpha value is -2.99. The summed E-state index contributed by atoms with van der Waals surface area (Å²) in [5, 5.41) is 12.5. The molecule has 2 rings (SSSR count). The van der Waals surface area contributed by atoms with Crippen LogP contribution in [0.5, 0.6) is 0 Å². The number of ether oxygens (including phenoxy) is 1. The number of rotatable bonds is 33. The van der Waals surface area contributed by atoms with E-state index in [1.807, 2.05) is 60.7 Å². The Kier molecular flexibility index (Phi) is 25.7. The Balaban J connectivity index is 1.41. The molecule has 0 fully saturated rings. The minimum Gasteiger partial charge on any atom is -0.481 e. The third-order valence-corrected chi connectivity index (χ3v) is 9.76. The van der Waals surface area contributed by atoms with Crippen LogP contribution in [0.15, 0.2) is 60.7 Å². The van der Waals surface area contributed by atoms with Crippen LogP contribution in [0.4, 0.5) is 0 Å². The lowest BCUT2D eigenvalue weighted by Gasteiger charge is -2.17. The van der Waals surface area contributed by atoms with Crippen molar-refractivity contribution in [2.75, 3.05) is 13.2 Å². The van der Waals surface area contributed by atoms with E-state index in [0.29, 0.717) is 25.1 Å². The molecular weight excluding hydrogens is 622 g/mol. The predicted octanol–water partition coefficient (Wildman–Crippen LogP) is 11.8. The van der Waals surface area contributed by atoms with Crippen LogP contribution in [0.2, 0.25) is 0 Å². The first kappa shape index (κ1) is 43.2. The second kappa shape index (κ2) is 29.7. The monoisotopic (exact) mass is 692 g/mol. The number of aliphatic carboxylic acids is 1. The molecule has 2 unspecified atom stereocenters. The lowest BCUT2D eigenvalue weighted by atomic mass is 9.96. The SMILES string of the molecule is CCCCCCCCCCCCCCC(CC(=O)NCCCCCCCCCCCCOC(C(=O)c1ccccc1)c1ccccc1)C(=O)O. The summed E-state index contributed by atoms with van der Waals surface area (Å²) in [4.78, 5) is 37.2. The Bertz CT molecular complexity index is 1120. The highest BCUT2D eigenvalue weighted by Gasteiger charge is 2.23. The molecule has 0 bridgehead atoms. The zero-order valence-electron chi connectivity index (χ0n) is 31.4. The molecule has 2 aromatic rings. The number of nitrogens with one attached hydrogen (secondary N) is 1. The van der Waals surface area contributed by atoms with Gasteiger partial charge in [0.25, 0.3) is 0 Å². The Morgan fingerprint density at radius 1 is 0.600 bits per heavy atom. The second-order valence-electron chi connectivity index (χ2n) is 14.2. The van der Waals surface area contributed by atoms with Gasteiger partial charge in [0.1, 0.15) is 6.10 Å². The van der Waals surface area contributed by atoms with Crippen LogP contribution in [0, 0.1) is 5.92 Å². The molecule has 0 spiro atoms. The topological polar surface area (TPSA) is 92.7 Å². The number of Topliss-reactive ketones (excluding diaryl/α,β-unsaturated/α-hetero) is 1. The summed E-state index contributed by atoms with van der Waals surface area (Å²) in [6, 6.07) is 19.1. The maximum Gasteiger partial charge on any atom is 0.307 e. The van der Waals surface area contributed by atoms with Gasteiger partial charge in [-0.3, -0.25) is 14.4 Å². The third-order valence-electron chi connectivity index (χ3n) is 9.76. The fourth-order valence-corrected chi connectivity index (χ4v) is 6.62. The van der Waals surface area contributed by atoms with Gasteiger partial charge in [0.2, 0.25) is 5.91 Å². The van der Waals surface area contributed by atoms with E-state index in [4.69, 9.17) is 4.74 Å². The van der Waals surface area contributed by atoms with Crippen molar-refractivity contribution >= 4 is 17.7 Å². The summed E-state index contributed by atoms with van der Waals surface area (Å²) in [6.45, 7) is 3.46. The van der Waals surface area contributed by atoms with Crippen molar-refractivity contribution in [2.24, 2.45) is 5.92 Å². The normalized spacial score (nSPS) is 12.4. The van der Waals surface area contributed by atoms with E-state index in [-0.39, 0.29) is 18.1 Å². The predicted molar refractivity (Wildman–Crippen MR) is 207 cm³/mol. The standard InChI is InChI=1S/C44H69NO5/c1-2-3-4-5-6-7-8-9-12-15-18-23-34-40(44(48)49)37-41(46)45-35-28-19-16-13-10-11-14-17-20-29-36-50-43(39-32-26-22-27-33-39)42(47)38-30-24-21-25-31-38/h21-22,24-27,30-33,40,43H,2-20,23,28-29,34-37H2,1H3,(H,45,46)(H,48,49). The van der Waals surface area contributed by atoms with Crippen LogP contribution < -0.4 is 5.32 Å². The number of unbranched alkanes of at least 4 members (excludes halogenated alkanes) is 20. The summed E-state index contributed by atoms with van der Waals surface area (Å²) in [6.07, 6.45) is 26.5. The van der Waals surface area contributed by atoms with Gasteiger partial charge in [0.15, 0.2) is 5.78 Å². The molecular formula is C44H69NO5. The van der Waals surface area contributed by atoms with Gasteiger partial charge in [-0.1, -0.05) is 196 Å². The number of hydrogen-bond donors (Lipinski definition) is 2. The fraction of sp³-hybridized carbons (Fsp3) is 0.659. The van der Waals surface area contributed by atoms with Crippen LogP contribution in [-0.2, 0) is 14.3 Å². The smallest absolute Gasteiger partial charge is 0.307 e. The van der Waals surface area contributed by atoms with Crippen molar-refractivity contribution < 1.29 is 24.2 Å². The van der Waals surface area contributed by atoms with Gasteiger partial charge in [-0.15, -0.1) is 0 Å². The minimum absolute atomic E-state index is 0.00576. The first-order chi connectivity index (χ1) is 24.5. The molecule has 6 heteroatoms. The molecule has 0 aliphatic rings. The van der Waals surface area contributed by atoms with Crippen molar-refractivity contribution in [3.63, 3.8) is 0 Å². The number of carboxylic acid groups (broad SMARTS) is 1. The summed E-state index contributed by atoms with van der Waals surface area (Å²) in [5.41, 5.74) is 1.58. The summed E-state index contributed by atoms with van der Waals surface area (Å²) < 4.78 is 6.12. The van der Waals surface area contributed by atoms with Gasteiger partial charge >= 0.3 is 5.97 Å². The van der Waals surface area contributed by atoms with E-state index >= 15 is 0 Å². The minimum atomic E-state index is -0.844. The number of hydrogen-bond acceptors (Lipinski definition) is 4. The molecule has 50 heavy (non-hydrogen) atoms. The average molecular weight is 692 g/mol. The van der Waals surface area contributed by atoms with Gasteiger partial charge < -0.3 is 15.2 Å². The Morgan fingerprint density at radius 3 is 1.58 bits per heavy atom. The highest BCUT2D eigenvalue weighted by atomic mass is 16.5. The molecule has 2 atom stereocenters. The molecule has 0 radical (unpaired) electrons. The van der Waals surface area contributed by atoms with Gasteiger partial charge in [-0.05, 0) is 24.8 Å². The van der Waals surface area contributed by atoms with Crippen LogP contribution in [-0.4, -0.2) is 35.9 Å². The maximum atomic E-state index is 13.1. The van der Waals surface area contributed by atoms with Gasteiger partial charge in [0.05, 0.1) is 5.92 Å². The van der Waals surface area contributed by atoms with E-state index in [1.165, 1.54) is 96.3 Å². The largest absolute Gasteiger partial charge is 0.481 e. The zero-order valence-corrected chi connectivity index (χ0v) is 31.4. The summed E-state index contributed by atoms with van der Waals surface area (Å²) in [5.74, 6) is -1.53. The molecule has 0 heterocycles. The number of carbonyl (C=O) groups is 3. The van der Waals surface area contributed by atoms with E-state index < -0.39 is 18.0 Å². The number of carboxylic acids is 1. The van der Waals surface area contributed by atoms with Crippen molar-refractivity contribution in [3.8, 4) is 0 Å². The highest BCUT2D eigenvalue weighted by Crippen LogP contribution is 2.23. The van der Waals surface area contributed by atoms with Crippen molar-refractivity contribution in [1.29, 1.82) is 0 Å². The van der Waals surface area contributed by atoms with Crippen molar-refractivity contribution in [1.82, 2.24) is 5.32 Å². The first-order valence-corrected chi connectivity index (χ1v) is 20.3. The molecule has 0 aliphatic heterocycles. The first-order valence-electron chi connectivity index (χ1n) is 20.3. The van der Waals surface area contributed by atoms with E-state index in [1.54, 1.807) is 0 Å². The van der Waals surface area contributed by atoms with Crippen LogP contribution in [0.3, 0.4) is 0 Å². The number of ketones is 1. The molecule has 1 amide bonds. The van der Waals surface area contributed by atoms with Crippen molar-refractivity contribution in [2.45, 2.75) is 167 Å².